The molecule has 14 heavy (non-hydrogen) atoms. The van der Waals surface area contributed by atoms with Crippen molar-refractivity contribution < 1.29 is 14.6 Å². The van der Waals surface area contributed by atoms with E-state index < -0.39 is 0 Å². The third kappa shape index (κ3) is 2.25. The van der Waals surface area contributed by atoms with Crippen molar-refractivity contribution in [2.45, 2.75) is 20.3 Å². The van der Waals surface area contributed by atoms with Gasteiger partial charge in [0.2, 0.25) is 0 Å². The van der Waals surface area contributed by atoms with E-state index in [9.17, 15) is 9.90 Å². The van der Waals surface area contributed by atoms with Crippen LogP contribution in [0.1, 0.15) is 18.1 Å². The van der Waals surface area contributed by atoms with Gasteiger partial charge in [-0.1, -0.05) is 0 Å². The van der Waals surface area contributed by atoms with Crippen LogP contribution in [0.4, 0.5) is 0 Å². The molecule has 1 N–H and O–H groups in total. The highest BCUT2D eigenvalue weighted by Gasteiger charge is 2.08. The number of ketones is 1. The number of aromatic hydroxyl groups is 1. The molecule has 0 fully saturated rings. The van der Waals surface area contributed by atoms with E-state index in [0.717, 1.165) is 11.1 Å². The average molecular weight is 194 g/mol. The van der Waals surface area contributed by atoms with Crippen LogP contribution < -0.4 is 4.74 Å². The molecule has 76 valence electrons. The number of phenolic OH excluding ortho intramolecular Hbond substituents is 1. The summed E-state index contributed by atoms with van der Waals surface area (Å²) in [6.45, 7) is 3.42. The maximum atomic E-state index is 10.9. The molecule has 1 aromatic carbocycles. The number of carbonyl (C=O) groups is 1. The van der Waals surface area contributed by atoms with E-state index >= 15 is 0 Å². The Kier molecular flexibility index (Phi) is 3.12. The molecule has 0 saturated heterocycles. The van der Waals surface area contributed by atoms with Gasteiger partial charge in [0.15, 0.2) is 11.5 Å². The van der Waals surface area contributed by atoms with Crippen LogP contribution in [0.5, 0.6) is 11.5 Å². The first-order valence-corrected chi connectivity index (χ1v) is 4.40. The fraction of sp³-hybridized carbons (Fsp3) is 0.364. The molecule has 0 aromatic heterocycles. The van der Waals surface area contributed by atoms with Gasteiger partial charge < -0.3 is 9.84 Å². The highest BCUT2D eigenvalue weighted by molar-refractivity contribution is 5.78. The fourth-order valence-electron chi connectivity index (χ4n) is 1.34. The van der Waals surface area contributed by atoms with Crippen LogP contribution in [0.2, 0.25) is 0 Å². The first-order valence-electron chi connectivity index (χ1n) is 4.40. The smallest absolute Gasteiger partial charge is 0.160 e. The van der Waals surface area contributed by atoms with Gasteiger partial charge in [-0.05, 0) is 37.1 Å². The summed E-state index contributed by atoms with van der Waals surface area (Å²) in [4.78, 5) is 10.9. The van der Waals surface area contributed by atoms with Crippen molar-refractivity contribution >= 4 is 5.78 Å². The topological polar surface area (TPSA) is 46.5 Å². The van der Waals surface area contributed by atoms with Crippen LogP contribution in [-0.4, -0.2) is 18.0 Å². The van der Waals surface area contributed by atoms with E-state index in [1.165, 1.54) is 14.0 Å². The number of rotatable bonds is 3. The van der Waals surface area contributed by atoms with E-state index in [1.54, 1.807) is 12.1 Å². The molecule has 0 aliphatic carbocycles. The van der Waals surface area contributed by atoms with Crippen LogP contribution in [0, 0.1) is 6.92 Å². The van der Waals surface area contributed by atoms with Gasteiger partial charge in [-0.2, -0.15) is 0 Å². The van der Waals surface area contributed by atoms with Crippen LogP contribution in [-0.2, 0) is 11.2 Å². The maximum Gasteiger partial charge on any atom is 0.160 e. The monoisotopic (exact) mass is 194 g/mol. The maximum absolute atomic E-state index is 10.9. The molecule has 3 nitrogen and oxygen atoms in total. The van der Waals surface area contributed by atoms with Crippen molar-refractivity contribution in [3.8, 4) is 11.5 Å². The van der Waals surface area contributed by atoms with Gasteiger partial charge in [-0.15, -0.1) is 0 Å². The van der Waals surface area contributed by atoms with Crippen molar-refractivity contribution in [2.24, 2.45) is 0 Å². The van der Waals surface area contributed by atoms with E-state index in [-0.39, 0.29) is 11.5 Å². The molecule has 0 atom stereocenters. The number of hydrogen-bond donors (Lipinski definition) is 1. The summed E-state index contributed by atoms with van der Waals surface area (Å²) in [6, 6.07) is 3.31. The zero-order valence-electron chi connectivity index (χ0n) is 8.63. The Morgan fingerprint density at radius 2 is 2.14 bits per heavy atom. The van der Waals surface area contributed by atoms with E-state index in [1.807, 2.05) is 6.92 Å². The summed E-state index contributed by atoms with van der Waals surface area (Å²) in [5.74, 6) is 0.599. The highest BCUT2D eigenvalue weighted by Crippen LogP contribution is 2.29. The third-order valence-electron chi connectivity index (χ3n) is 2.08. The molecule has 0 aliphatic heterocycles. The lowest BCUT2D eigenvalue weighted by atomic mass is 10.0. The molecular formula is C11H14O3. The van der Waals surface area contributed by atoms with Gasteiger partial charge >= 0.3 is 0 Å². The Hall–Kier alpha value is -1.51. The Morgan fingerprint density at radius 1 is 1.50 bits per heavy atom. The molecule has 0 saturated carbocycles. The van der Waals surface area contributed by atoms with Crippen molar-refractivity contribution in [2.75, 3.05) is 7.11 Å². The van der Waals surface area contributed by atoms with Crippen LogP contribution in [0.3, 0.4) is 0 Å². The summed E-state index contributed by atoms with van der Waals surface area (Å²) in [7, 11) is 1.50. The van der Waals surface area contributed by atoms with Crippen molar-refractivity contribution in [1.82, 2.24) is 0 Å². The second-order valence-corrected chi connectivity index (χ2v) is 3.33. The molecule has 3 heteroatoms. The second-order valence-electron chi connectivity index (χ2n) is 3.33. The Morgan fingerprint density at radius 3 is 2.64 bits per heavy atom. The van der Waals surface area contributed by atoms with Crippen molar-refractivity contribution in [3.63, 3.8) is 0 Å². The van der Waals surface area contributed by atoms with Gasteiger partial charge in [-0.25, -0.2) is 0 Å². The molecule has 0 unspecified atom stereocenters. The van der Waals surface area contributed by atoms with Gasteiger partial charge in [0.05, 0.1) is 7.11 Å². The number of benzene rings is 1. The highest BCUT2D eigenvalue weighted by atomic mass is 16.5. The summed E-state index contributed by atoms with van der Waals surface area (Å²) < 4.78 is 4.95. The number of methoxy groups -OCH3 is 1. The standard InChI is InChI=1S/C11H14O3/c1-7-4-11(14-3)10(13)6-9(7)5-8(2)12/h4,6,13H,5H2,1-3H3. The lowest BCUT2D eigenvalue weighted by Crippen LogP contribution is -1.99. The largest absolute Gasteiger partial charge is 0.504 e. The average Bonchev–Trinajstić information content (AvgIpc) is 2.10. The molecular weight excluding hydrogens is 180 g/mol. The Labute approximate surface area is 83.3 Å². The molecule has 0 heterocycles. The predicted molar refractivity (Wildman–Crippen MR) is 53.8 cm³/mol. The van der Waals surface area contributed by atoms with E-state index in [4.69, 9.17) is 4.74 Å². The number of Topliss-reactive ketones (excluding diaryl/α,β-unsaturated/α-hetero) is 1. The first-order chi connectivity index (χ1) is 6.54. The normalized spacial score (nSPS) is 9.93. The summed E-state index contributed by atoms with van der Waals surface area (Å²) in [5, 5.41) is 9.49. The predicted octanol–water partition coefficient (Wildman–Crippen LogP) is 1.84. The summed E-state index contributed by atoms with van der Waals surface area (Å²) in [6.07, 6.45) is 0.351. The van der Waals surface area contributed by atoms with Gasteiger partial charge in [0, 0.05) is 6.42 Å². The number of ether oxygens (including phenoxy) is 1. The molecule has 1 rings (SSSR count). The minimum atomic E-state index is 0.0781. The molecule has 0 spiro atoms. The molecule has 0 bridgehead atoms. The van der Waals surface area contributed by atoms with Crippen LogP contribution >= 0.6 is 0 Å². The van der Waals surface area contributed by atoms with Crippen molar-refractivity contribution in [1.29, 1.82) is 0 Å². The second kappa shape index (κ2) is 4.13. The minimum Gasteiger partial charge on any atom is -0.504 e. The van der Waals surface area contributed by atoms with Gasteiger partial charge in [0.1, 0.15) is 5.78 Å². The van der Waals surface area contributed by atoms with E-state index in [0.29, 0.717) is 12.2 Å². The third-order valence-corrected chi connectivity index (χ3v) is 2.08. The molecule has 1 aromatic rings. The Balaban J connectivity index is 3.08. The quantitative estimate of drug-likeness (QED) is 0.798. The summed E-state index contributed by atoms with van der Waals surface area (Å²) in [5.41, 5.74) is 1.80. The molecule has 0 radical (unpaired) electrons. The number of carbonyl (C=O) groups excluding carboxylic acids is 1. The zero-order chi connectivity index (χ0) is 10.7. The number of aryl methyl sites for hydroxylation is 1. The minimum absolute atomic E-state index is 0.0781. The Bertz CT molecular complexity index is 356. The lowest BCUT2D eigenvalue weighted by Gasteiger charge is -2.08. The zero-order valence-corrected chi connectivity index (χ0v) is 8.63. The number of hydrogen-bond acceptors (Lipinski definition) is 3. The van der Waals surface area contributed by atoms with Gasteiger partial charge in [0.25, 0.3) is 0 Å². The van der Waals surface area contributed by atoms with Crippen LogP contribution in [0.15, 0.2) is 12.1 Å². The molecule has 0 aliphatic rings. The molecule has 0 amide bonds. The first kappa shape index (κ1) is 10.6. The van der Waals surface area contributed by atoms with Crippen LogP contribution in [0.25, 0.3) is 0 Å². The van der Waals surface area contributed by atoms with Crippen molar-refractivity contribution in [3.05, 3.63) is 23.3 Å². The van der Waals surface area contributed by atoms with E-state index in [2.05, 4.69) is 0 Å². The summed E-state index contributed by atoms with van der Waals surface area (Å²) >= 11 is 0. The van der Waals surface area contributed by atoms with Gasteiger partial charge in [-0.3, -0.25) is 4.79 Å². The SMILES string of the molecule is COc1cc(C)c(CC(C)=O)cc1O. The lowest BCUT2D eigenvalue weighted by molar-refractivity contribution is -0.116. The number of phenols is 1. The fourth-order valence-corrected chi connectivity index (χ4v) is 1.34.